The van der Waals surface area contributed by atoms with Gasteiger partial charge in [-0.3, -0.25) is 0 Å². The normalized spacial score (nSPS) is 25.5. The van der Waals surface area contributed by atoms with Crippen LogP contribution >= 0.6 is 0 Å². The first-order valence-electron chi connectivity index (χ1n) is 6.65. The molecule has 1 saturated heterocycles. The van der Waals surface area contributed by atoms with E-state index < -0.39 is 10.0 Å². The molecule has 0 aliphatic carbocycles. The Morgan fingerprint density at radius 1 is 1.32 bits per heavy atom. The van der Waals surface area contributed by atoms with Gasteiger partial charge >= 0.3 is 0 Å². The maximum absolute atomic E-state index is 12.7. The van der Waals surface area contributed by atoms with E-state index in [2.05, 4.69) is 6.92 Å². The Hall–Kier alpha value is -0.910. The molecule has 0 aromatic heterocycles. The van der Waals surface area contributed by atoms with Gasteiger partial charge in [0.2, 0.25) is 10.0 Å². The van der Waals surface area contributed by atoms with Crippen molar-refractivity contribution in [2.24, 2.45) is 11.7 Å². The van der Waals surface area contributed by atoms with Gasteiger partial charge < -0.3 is 5.73 Å². The number of rotatable bonds is 2. The highest BCUT2D eigenvalue weighted by atomic mass is 32.2. The Bertz CT molecular complexity index is 569. The fourth-order valence-corrected chi connectivity index (χ4v) is 4.21. The molecule has 1 heterocycles. The molecule has 1 aliphatic rings. The van der Waals surface area contributed by atoms with E-state index in [1.165, 1.54) is 4.31 Å². The molecule has 5 heteroatoms. The maximum Gasteiger partial charge on any atom is 0.243 e. The van der Waals surface area contributed by atoms with Gasteiger partial charge in [0, 0.05) is 19.1 Å². The molecule has 1 aliphatic heterocycles. The number of hydrogen-bond donors (Lipinski definition) is 1. The Balaban J connectivity index is 2.35. The second-order valence-electron chi connectivity index (χ2n) is 5.56. The zero-order valence-corrected chi connectivity index (χ0v) is 12.6. The smallest absolute Gasteiger partial charge is 0.243 e. The summed E-state index contributed by atoms with van der Waals surface area (Å²) in [5, 5.41) is 0. The van der Waals surface area contributed by atoms with Crippen LogP contribution in [0.15, 0.2) is 23.1 Å². The third kappa shape index (κ3) is 2.83. The summed E-state index contributed by atoms with van der Waals surface area (Å²) in [7, 11) is -3.42. The van der Waals surface area contributed by atoms with E-state index in [0.29, 0.717) is 23.9 Å². The first kappa shape index (κ1) is 14.5. The fraction of sp³-hybridized carbons (Fsp3) is 0.571. The van der Waals surface area contributed by atoms with Gasteiger partial charge in [-0.15, -0.1) is 0 Å². The molecule has 2 N–H and O–H groups in total. The van der Waals surface area contributed by atoms with Crippen LogP contribution in [-0.4, -0.2) is 31.9 Å². The van der Waals surface area contributed by atoms with Crippen LogP contribution in [0.1, 0.15) is 24.5 Å². The van der Waals surface area contributed by atoms with Crippen LogP contribution in [0.2, 0.25) is 0 Å². The number of nitrogens with two attached hydrogens (primary N) is 1. The second kappa shape index (κ2) is 5.23. The lowest BCUT2D eigenvalue weighted by molar-refractivity contribution is 0.253. The lowest BCUT2D eigenvalue weighted by Gasteiger charge is -2.34. The molecule has 2 unspecified atom stereocenters. The highest BCUT2D eigenvalue weighted by molar-refractivity contribution is 7.89. The third-order valence-corrected chi connectivity index (χ3v) is 5.95. The van der Waals surface area contributed by atoms with E-state index in [1.54, 1.807) is 6.07 Å². The van der Waals surface area contributed by atoms with Crippen molar-refractivity contribution in [1.82, 2.24) is 4.31 Å². The molecule has 0 amide bonds. The molecule has 0 saturated carbocycles. The molecule has 0 spiro atoms. The molecule has 106 valence electrons. The predicted octanol–water partition coefficient (Wildman–Crippen LogP) is 1.66. The van der Waals surface area contributed by atoms with Gasteiger partial charge in [-0.05, 0) is 43.4 Å². The predicted molar refractivity (Wildman–Crippen MR) is 76.4 cm³/mol. The van der Waals surface area contributed by atoms with Gasteiger partial charge in [0.05, 0.1) is 4.90 Å². The van der Waals surface area contributed by atoms with E-state index in [0.717, 1.165) is 17.5 Å². The minimum atomic E-state index is -3.42. The molecule has 2 rings (SSSR count). The second-order valence-corrected chi connectivity index (χ2v) is 7.47. The van der Waals surface area contributed by atoms with Crippen molar-refractivity contribution in [2.45, 2.75) is 38.1 Å². The summed E-state index contributed by atoms with van der Waals surface area (Å²) >= 11 is 0. The summed E-state index contributed by atoms with van der Waals surface area (Å²) in [5.74, 6) is 0.380. The van der Waals surface area contributed by atoms with E-state index in [-0.39, 0.29) is 6.04 Å². The third-order valence-electron chi connectivity index (χ3n) is 3.94. The summed E-state index contributed by atoms with van der Waals surface area (Å²) in [6.45, 7) is 6.79. The minimum Gasteiger partial charge on any atom is -0.326 e. The summed E-state index contributed by atoms with van der Waals surface area (Å²) < 4.78 is 26.9. The summed E-state index contributed by atoms with van der Waals surface area (Å²) in [6, 6.07) is 5.45. The SMILES string of the molecule is Cc1ccc(C)c(S(=O)(=O)N2CCC(C)C(N)C2)c1. The van der Waals surface area contributed by atoms with E-state index >= 15 is 0 Å². The van der Waals surface area contributed by atoms with Crippen molar-refractivity contribution in [3.05, 3.63) is 29.3 Å². The van der Waals surface area contributed by atoms with Crippen LogP contribution in [0.4, 0.5) is 0 Å². The van der Waals surface area contributed by atoms with Crippen molar-refractivity contribution in [3.63, 3.8) is 0 Å². The van der Waals surface area contributed by atoms with Crippen LogP contribution < -0.4 is 5.73 Å². The number of aryl methyl sites for hydroxylation is 2. The van der Waals surface area contributed by atoms with Crippen molar-refractivity contribution in [3.8, 4) is 0 Å². The standard InChI is InChI=1S/C14H22N2O2S/c1-10-4-5-12(3)14(8-10)19(17,18)16-7-6-11(2)13(15)9-16/h4-5,8,11,13H,6-7,9,15H2,1-3H3. The zero-order chi connectivity index (χ0) is 14.2. The van der Waals surface area contributed by atoms with Crippen molar-refractivity contribution >= 4 is 10.0 Å². The fourth-order valence-electron chi connectivity index (χ4n) is 2.41. The molecule has 0 radical (unpaired) electrons. The molecular weight excluding hydrogens is 260 g/mol. The minimum absolute atomic E-state index is 0.0753. The number of sulfonamides is 1. The first-order chi connectivity index (χ1) is 8.82. The van der Waals surface area contributed by atoms with E-state index in [1.807, 2.05) is 26.0 Å². The molecule has 0 bridgehead atoms. The van der Waals surface area contributed by atoms with Gasteiger partial charge in [0.1, 0.15) is 0 Å². The highest BCUT2D eigenvalue weighted by Gasteiger charge is 2.32. The largest absolute Gasteiger partial charge is 0.326 e. The van der Waals surface area contributed by atoms with Gasteiger partial charge in [0.15, 0.2) is 0 Å². The monoisotopic (exact) mass is 282 g/mol. The molecule has 2 atom stereocenters. The van der Waals surface area contributed by atoms with Gasteiger partial charge in [-0.25, -0.2) is 8.42 Å². The van der Waals surface area contributed by atoms with E-state index in [9.17, 15) is 8.42 Å². The lowest BCUT2D eigenvalue weighted by atomic mass is 9.96. The van der Waals surface area contributed by atoms with Crippen LogP contribution in [0.3, 0.4) is 0 Å². The van der Waals surface area contributed by atoms with Gasteiger partial charge in [-0.1, -0.05) is 19.1 Å². The average molecular weight is 282 g/mol. The number of piperidine rings is 1. The topological polar surface area (TPSA) is 63.4 Å². The summed E-state index contributed by atoms with van der Waals surface area (Å²) in [5.41, 5.74) is 7.75. The Kier molecular flexibility index (Phi) is 3.99. The van der Waals surface area contributed by atoms with Crippen molar-refractivity contribution in [1.29, 1.82) is 0 Å². The van der Waals surface area contributed by atoms with Crippen LogP contribution in [0.25, 0.3) is 0 Å². The lowest BCUT2D eigenvalue weighted by Crippen LogP contribution is -2.49. The molecule has 1 fully saturated rings. The molecular formula is C14H22N2O2S. The van der Waals surface area contributed by atoms with Crippen molar-refractivity contribution < 1.29 is 8.42 Å². The highest BCUT2D eigenvalue weighted by Crippen LogP contribution is 2.25. The van der Waals surface area contributed by atoms with Crippen molar-refractivity contribution in [2.75, 3.05) is 13.1 Å². The van der Waals surface area contributed by atoms with E-state index in [4.69, 9.17) is 5.73 Å². The molecule has 1 aromatic carbocycles. The molecule has 1 aromatic rings. The van der Waals surface area contributed by atoms with Crippen LogP contribution in [0.5, 0.6) is 0 Å². The Morgan fingerprint density at radius 2 is 2.00 bits per heavy atom. The van der Waals surface area contributed by atoms with Gasteiger partial charge in [0.25, 0.3) is 0 Å². The Morgan fingerprint density at radius 3 is 2.63 bits per heavy atom. The number of nitrogens with zero attached hydrogens (tertiary/aromatic N) is 1. The average Bonchev–Trinajstić information content (AvgIpc) is 2.35. The Labute approximate surface area is 115 Å². The first-order valence-corrected chi connectivity index (χ1v) is 8.09. The zero-order valence-electron chi connectivity index (χ0n) is 11.8. The molecule has 19 heavy (non-hydrogen) atoms. The summed E-state index contributed by atoms with van der Waals surface area (Å²) in [4.78, 5) is 0.411. The number of hydrogen-bond acceptors (Lipinski definition) is 3. The summed E-state index contributed by atoms with van der Waals surface area (Å²) in [6.07, 6.45) is 0.825. The molecule has 4 nitrogen and oxygen atoms in total. The maximum atomic E-state index is 12.7. The van der Waals surface area contributed by atoms with Crippen LogP contribution in [-0.2, 0) is 10.0 Å². The number of benzene rings is 1. The van der Waals surface area contributed by atoms with Crippen LogP contribution in [0, 0.1) is 19.8 Å². The van der Waals surface area contributed by atoms with Gasteiger partial charge in [-0.2, -0.15) is 4.31 Å². The quantitative estimate of drug-likeness (QED) is 0.897.